The normalized spacial score (nSPS) is 18.7. The fraction of sp³-hybridized carbons (Fsp3) is 0.312. The number of hydrogen-bond acceptors (Lipinski definition) is 6. The number of halogens is 1. The Morgan fingerprint density at radius 1 is 1.25 bits per heavy atom. The van der Waals surface area contributed by atoms with Crippen molar-refractivity contribution in [3.05, 3.63) is 41.2 Å². The molecule has 7 nitrogen and oxygen atoms in total. The Morgan fingerprint density at radius 3 is 2.88 bits per heavy atom. The molecule has 2 aromatic rings. The summed E-state index contributed by atoms with van der Waals surface area (Å²) in [5.74, 6) is 1.20. The molecular weight excluding hydrogens is 334 g/mol. The van der Waals surface area contributed by atoms with Crippen LogP contribution in [0, 0.1) is 0 Å². The number of rotatable bonds is 3. The van der Waals surface area contributed by atoms with Crippen LogP contribution in [0.2, 0.25) is 5.02 Å². The molecule has 0 radical (unpaired) electrons. The molecule has 1 amide bonds. The van der Waals surface area contributed by atoms with Gasteiger partial charge in [-0.1, -0.05) is 11.6 Å². The lowest BCUT2D eigenvalue weighted by Gasteiger charge is -2.17. The zero-order chi connectivity index (χ0) is 16.5. The van der Waals surface area contributed by atoms with E-state index in [1.54, 1.807) is 23.1 Å². The largest absolute Gasteiger partial charge is 0.458 e. The fourth-order valence-electron chi connectivity index (χ4n) is 2.73. The number of hydrogen-bond donors (Lipinski definition) is 0. The van der Waals surface area contributed by atoms with E-state index >= 15 is 0 Å². The summed E-state index contributed by atoms with van der Waals surface area (Å²) in [4.78, 5) is 22.4. The number of fused-ring (bicyclic) bond motifs is 1. The molecule has 1 aromatic heterocycles. The molecule has 1 aromatic carbocycles. The van der Waals surface area contributed by atoms with E-state index in [-0.39, 0.29) is 24.8 Å². The van der Waals surface area contributed by atoms with Crippen LogP contribution in [-0.4, -0.2) is 46.8 Å². The van der Waals surface area contributed by atoms with Crippen molar-refractivity contribution in [2.75, 3.05) is 19.9 Å². The molecule has 3 heterocycles. The number of benzene rings is 1. The van der Waals surface area contributed by atoms with Gasteiger partial charge in [0.1, 0.15) is 6.10 Å². The molecule has 24 heavy (non-hydrogen) atoms. The highest BCUT2D eigenvalue weighted by Gasteiger charge is 2.29. The van der Waals surface area contributed by atoms with Crippen molar-refractivity contribution >= 4 is 17.5 Å². The van der Waals surface area contributed by atoms with Gasteiger partial charge in [0.25, 0.3) is 5.91 Å². The maximum absolute atomic E-state index is 12.6. The Bertz CT molecular complexity index is 768. The predicted octanol–water partition coefficient (Wildman–Crippen LogP) is 2.15. The monoisotopic (exact) mass is 347 g/mol. The number of carbonyl (C=O) groups is 1. The van der Waals surface area contributed by atoms with Crippen LogP contribution >= 0.6 is 11.6 Å². The van der Waals surface area contributed by atoms with E-state index < -0.39 is 0 Å². The average molecular weight is 348 g/mol. The van der Waals surface area contributed by atoms with Gasteiger partial charge in [0.15, 0.2) is 11.5 Å². The molecule has 1 atom stereocenters. The molecule has 8 heteroatoms. The van der Waals surface area contributed by atoms with Crippen LogP contribution in [0.3, 0.4) is 0 Å². The molecule has 0 aliphatic carbocycles. The Hall–Kier alpha value is -2.54. The van der Waals surface area contributed by atoms with Crippen LogP contribution in [0.25, 0.3) is 0 Å². The van der Waals surface area contributed by atoms with Crippen LogP contribution in [0.5, 0.6) is 17.5 Å². The second-order valence-electron chi connectivity index (χ2n) is 5.53. The Labute approximate surface area is 143 Å². The van der Waals surface area contributed by atoms with E-state index in [0.717, 1.165) is 6.42 Å². The Kier molecular flexibility index (Phi) is 3.86. The lowest BCUT2D eigenvalue weighted by molar-refractivity contribution is 0.0769. The summed E-state index contributed by atoms with van der Waals surface area (Å²) < 4.78 is 16.3. The first-order chi connectivity index (χ1) is 11.7. The topological polar surface area (TPSA) is 73.8 Å². The number of aromatic nitrogens is 2. The number of nitrogens with zero attached hydrogens (tertiary/aromatic N) is 3. The Balaban J connectivity index is 1.41. The van der Waals surface area contributed by atoms with Gasteiger partial charge in [-0.15, -0.1) is 0 Å². The van der Waals surface area contributed by atoms with Crippen LogP contribution in [0.15, 0.2) is 30.6 Å². The zero-order valence-corrected chi connectivity index (χ0v) is 13.4. The van der Waals surface area contributed by atoms with E-state index in [1.807, 2.05) is 0 Å². The van der Waals surface area contributed by atoms with Gasteiger partial charge in [-0.25, -0.2) is 9.97 Å². The maximum Gasteiger partial charge on any atom is 0.316 e. The van der Waals surface area contributed by atoms with E-state index in [0.29, 0.717) is 35.2 Å². The smallest absolute Gasteiger partial charge is 0.316 e. The van der Waals surface area contributed by atoms with Gasteiger partial charge in [-0.05, 0) is 18.2 Å². The van der Waals surface area contributed by atoms with Gasteiger partial charge >= 0.3 is 6.01 Å². The van der Waals surface area contributed by atoms with Crippen molar-refractivity contribution in [3.63, 3.8) is 0 Å². The van der Waals surface area contributed by atoms with Crippen molar-refractivity contribution in [1.82, 2.24) is 14.9 Å². The molecular formula is C16H14ClN3O4. The standard InChI is InChI=1S/C16H14ClN3O4/c17-11-6-18-16(19-7-11)24-12-3-4-20(8-12)15(21)10-1-2-13-14(5-10)23-9-22-13/h1-2,5-7,12H,3-4,8-9H2/t12-/m0/s1. The lowest BCUT2D eigenvalue weighted by atomic mass is 10.2. The number of amides is 1. The first kappa shape index (κ1) is 15.0. The third-order valence-electron chi connectivity index (χ3n) is 3.92. The molecule has 0 bridgehead atoms. The number of carbonyl (C=O) groups excluding carboxylic acids is 1. The molecule has 2 aliphatic rings. The minimum Gasteiger partial charge on any atom is -0.458 e. The van der Waals surface area contributed by atoms with Gasteiger partial charge in [-0.2, -0.15) is 0 Å². The second-order valence-corrected chi connectivity index (χ2v) is 5.97. The first-order valence-electron chi connectivity index (χ1n) is 7.52. The number of ether oxygens (including phenoxy) is 3. The minimum absolute atomic E-state index is 0.0589. The fourth-order valence-corrected chi connectivity index (χ4v) is 2.83. The van der Waals surface area contributed by atoms with Crippen LogP contribution < -0.4 is 14.2 Å². The molecule has 2 aliphatic heterocycles. The highest BCUT2D eigenvalue weighted by molar-refractivity contribution is 6.30. The van der Waals surface area contributed by atoms with E-state index in [1.165, 1.54) is 12.4 Å². The summed E-state index contributed by atoms with van der Waals surface area (Å²) in [6.45, 7) is 1.29. The SMILES string of the molecule is O=C(c1ccc2c(c1)OCO2)N1CC[C@H](Oc2ncc(Cl)cn2)C1. The highest BCUT2D eigenvalue weighted by atomic mass is 35.5. The van der Waals surface area contributed by atoms with Gasteiger partial charge in [0, 0.05) is 18.5 Å². The minimum atomic E-state index is -0.135. The summed E-state index contributed by atoms with van der Waals surface area (Å²) in [5, 5.41) is 0.452. The predicted molar refractivity (Wildman–Crippen MR) is 84.5 cm³/mol. The average Bonchev–Trinajstić information content (AvgIpc) is 3.24. The quantitative estimate of drug-likeness (QED) is 0.847. The second kappa shape index (κ2) is 6.16. The van der Waals surface area contributed by atoms with E-state index in [9.17, 15) is 4.79 Å². The summed E-state index contributed by atoms with van der Waals surface area (Å²) >= 11 is 5.75. The van der Waals surface area contributed by atoms with Crippen LogP contribution in [0.1, 0.15) is 16.8 Å². The molecule has 124 valence electrons. The highest BCUT2D eigenvalue weighted by Crippen LogP contribution is 2.33. The molecule has 0 N–H and O–H groups in total. The zero-order valence-electron chi connectivity index (χ0n) is 12.6. The molecule has 1 fully saturated rings. The van der Waals surface area contributed by atoms with Crippen molar-refractivity contribution < 1.29 is 19.0 Å². The molecule has 1 saturated heterocycles. The van der Waals surface area contributed by atoms with E-state index in [4.69, 9.17) is 25.8 Å². The molecule has 0 saturated carbocycles. The van der Waals surface area contributed by atoms with Crippen molar-refractivity contribution in [2.45, 2.75) is 12.5 Å². The lowest BCUT2D eigenvalue weighted by Crippen LogP contribution is -2.31. The molecule has 0 spiro atoms. The van der Waals surface area contributed by atoms with Gasteiger partial charge in [-0.3, -0.25) is 4.79 Å². The molecule has 4 rings (SSSR count). The van der Waals surface area contributed by atoms with Gasteiger partial charge in [0.05, 0.1) is 24.0 Å². The number of likely N-dealkylation sites (tertiary alicyclic amines) is 1. The van der Waals surface area contributed by atoms with Crippen LogP contribution in [-0.2, 0) is 0 Å². The summed E-state index contributed by atoms with van der Waals surface area (Å²) in [5.41, 5.74) is 0.572. The third kappa shape index (κ3) is 2.94. The van der Waals surface area contributed by atoms with Crippen molar-refractivity contribution in [3.8, 4) is 17.5 Å². The van der Waals surface area contributed by atoms with Crippen molar-refractivity contribution in [1.29, 1.82) is 0 Å². The summed E-state index contributed by atoms with van der Waals surface area (Å²) in [6, 6.07) is 5.47. The third-order valence-corrected chi connectivity index (χ3v) is 4.12. The van der Waals surface area contributed by atoms with E-state index in [2.05, 4.69) is 9.97 Å². The van der Waals surface area contributed by atoms with Crippen molar-refractivity contribution in [2.24, 2.45) is 0 Å². The Morgan fingerprint density at radius 2 is 2.04 bits per heavy atom. The summed E-state index contributed by atoms with van der Waals surface area (Å²) in [6.07, 6.45) is 3.55. The first-order valence-corrected chi connectivity index (χ1v) is 7.90. The van der Waals surface area contributed by atoms with Crippen LogP contribution in [0.4, 0.5) is 0 Å². The molecule has 0 unspecified atom stereocenters. The van der Waals surface area contributed by atoms with Gasteiger partial charge in [0.2, 0.25) is 6.79 Å². The maximum atomic E-state index is 12.6. The summed E-state index contributed by atoms with van der Waals surface area (Å²) in [7, 11) is 0. The van der Waals surface area contributed by atoms with Gasteiger partial charge < -0.3 is 19.1 Å².